The summed E-state index contributed by atoms with van der Waals surface area (Å²) in [4.78, 5) is 20.6. The number of carbonyl (C=O) groups excluding carboxylic acids is 1. The molecule has 0 saturated carbocycles. The highest BCUT2D eigenvalue weighted by molar-refractivity contribution is 5.94. The van der Waals surface area contributed by atoms with Gasteiger partial charge in [0.05, 0.1) is 11.7 Å². The Morgan fingerprint density at radius 2 is 2.18 bits per heavy atom. The Bertz CT molecular complexity index is 493. The quantitative estimate of drug-likeness (QED) is 0.749. The molecule has 1 amide bonds. The van der Waals surface area contributed by atoms with Crippen LogP contribution in [0, 0.1) is 0 Å². The number of aliphatic hydroxyl groups is 1. The summed E-state index contributed by atoms with van der Waals surface area (Å²) >= 11 is 0. The monoisotopic (exact) mass is 304 g/mol. The Morgan fingerprint density at radius 1 is 1.45 bits per heavy atom. The third kappa shape index (κ3) is 4.54. The molecule has 1 atom stereocenters. The SMILES string of the molecule is C=CCNC(=O)c1ccc(N2CCN(C[C@@H](C)O)CC2)nc1. The lowest BCUT2D eigenvalue weighted by Crippen LogP contribution is -2.48. The summed E-state index contributed by atoms with van der Waals surface area (Å²) in [7, 11) is 0. The maximum Gasteiger partial charge on any atom is 0.253 e. The first-order valence-corrected chi connectivity index (χ1v) is 7.60. The second-order valence-corrected chi connectivity index (χ2v) is 5.54. The van der Waals surface area contributed by atoms with Gasteiger partial charge in [-0.2, -0.15) is 0 Å². The third-order valence-corrected chi connectivity index (χ3v) is 3.64. The second-order valence-electron chi connectivity index (χ2n) is 5.54. The van der Waals surface area contributed by atoms with E-state index in [2.05, 4.69) is 26.7 Å². The van der Waals surface area contributed by atoms with Gasteiger partial charge in [0.2, 0.25) is 0 Å². The number of hydrogen-bond donors (Lipinski definition) is 2. The minimum atomic E-state index is -0.293. The van der Waals surface area contributed by atoms with E-state index in [1.165, 1.54) is 0 Å². The summed E-state index contributed by atoms with van der Waals surface area (Å²) in [5, 5.41) is 12.2. The van der Waals surface area contributed by atoms with Gasteiger partial charge < -0.3 is 15.3 Å². The van der Waals surface area contributed by atoms with E-state index < -0.39 is 0 Å². The van der Waals surface area contributed by atoms with Crippen LogP contribution in [-0.2, 0) is 0 Å². The van der Waals surface area contributed by atoms with Crippen LogP contribution in [0.2, 0.25) is 0 Å². The molecule has 2 N–H and O–H groups in total. The van der Waals surface area contributed by atoms with E-state index in [9.17, 15) is 9.90 Å². The lowest BCUT2D eigenvalue weighted by molar-refractivity contribution is 0.0957. The number of hydrogen-bond acceptors (Lipinski definition) is 5. The number of nitrogens with one attached hydrogen (secondary N) is 1. The van der Waals surface area contributed by atoms with Gasteiger partial charge in [-0.25, -0.2) is 4.98 Å². The number of piperazine rings is 1. The van der Waals surface area contributed by atoms with Crippen molar-refractivity contribution < 1.29 is 9.90 Å². The van der Waals surface area contributed by atoms with Crippen LogP contribution >= 0.6 is 0 Å². The van der Waals surface area contributed by atoms with E-state index in [-0.39, 0.29) is 12.0 Å². The number of pyridine rings is 1. The average molecular weight is 304 g/mol. The fourth-order valence-electron chi connectivity index (χ4n) is 2.51. The van der Waals surface area contributed by atoms with Crippen LogP contribution in [0.5, 0.6) is 0 Å². The third-order valence-electron chi connectivity index (χ3n) is 3.64. The zero-order valence-corrected chi connectivity index (χ0v) is 13.0. The van der Waals surface area contributed by atoms with Crippen LogP contribution in [0.25, 0.3) is 0 Å². The maximum atomic E-state index is 11.8. The zero-order valence-electron chi connectivity index (χ0n) is 13.0. The number of carbonyl (C=O) groups is 1. The van der Waals surface area contributed by atoms with Gasteiger partial charge in [0, 0.05) is 45.5 Å². The summed E-state index contributed by atoms with van der Waals surface area (Å²) < 4.78 is 0. The predicted octanol–water partition coefficient (Wildman–Crippen LogP) is 0.500. The van der Waals surface area contributed by atoms with Crippen molar-refractivity contribution in [1.29, 1.82) is 0 Å². The Morgan fingerprint density at radius 3 is 2.73 bits per heavy atom. The van der Waals surface area contributed by atoms with Crippen molar-refractivity contribution in [2.24, 2.45) is 0 Å². The second kappa shape index (κ2) is 7.91. The minimum Gasteiger partial charge on any atom is -0.392 e. The minimum absolute atomic E-state index is 0.138. The fourth-order valence-corrected chi connectivity index (χ4v) is 2.51. The van der Waals surface area contributed by atoms with E-state index >= 15 is 0 Å². The van der Waals surface area contributed by atoms with Crippen LogP contribution in [0.1, 0.15) is 17.3 Å². The molecule has 6 heteroatoms. The largest absolute Gasteiger partial charge is 0.392 e. The van der Waals surface area contributed by atoms with Crippen LogP contribution in [-0.4, -0.2) is 66.3 Å². The molecule has 1 aliphatic rings. The fraction of sp³-hybridized carbons (Fsp3) is 0.500. The molecule has 0 bridgehead atoms. The van der Waals surface area contributed by atoms with E-state index in [4.69, 9.17) is 0 Å². The molecule has 1 aromatic heterocycles. The van der Waals surface area contributed by atoms with Gasteiger partial charge in [-0.1, -0.05) is 6.08 Å². The molecule has 0 spiro atoms. The summed E-state index contributed by atoms with van der Waals surface area (Å²) in [5.41, 5.74) is 0.554. The maximum absolute atomic E-state index is 11.8. The van der Waals surface area contributed by atoms with Gasteiger partial charge in [0.1, 0.15) is 5.82 Å². The summed E-state index contributed by atoms with van der Waals surface area (Å²) in [6, 6.07) is 3.68. The molecular weight excluding hydrogens is 280 g/mol. The highest BCUT2D eigenvalue weighted by Crippen LogP contribution is 2.14. The highest BCUT2D eigenvalue weighted by atomic mass is 16.3. The highest BCUT2D eigenvalue weighted by Gasteiger charge is 2.19. The first-order chi connectivity index (χ1) is 10.6. The predicted molar refractivity (Wildman–Crippen MR) is 87.1 cm³/mol. The molecule has 1 fully saturated rings. The Labute approximate surface area is 131 Å². The molecule has 0 aliphatic carbocycles. The zero-order chi connectivity index (χ0) is 15.9. The van der Waals surface area contributed by atoms with Crippen LogP contribution < -0.4 is 10.2 Å². The molecule has 0 radical (unpaired) electrons. The molecule has 2 rings (SSSR count). The summed E-state index contributed by atoms with van der Waals surface area (Å²) in [6.07, 6.45) is 2.96. The first kappa shape index (κ1) is 16.5. The van der Waals surface area contributed by atoms with Crippen molar-refractivity contribution in [1.82, 2.24) is 15.2 Å². The normalized spacial score (nSPS) is 17.1. The van der Waals surface area contributed by atoms with Gasteiger partial charge in [0.25, 0.3) is 5.91 Å². The average Bonchev–Trinajstić information content (AvgIpc) is 2.53. The van der Waals surface area contributed by atoms with Gasteiger partial charge in [0.15, 0.2) is 0 Å². The van der Waals surface area contributed by atoms with Gasteiger partial charge >= 0.3 is 0 Å². The van der Waals surface area contributed by atoms with Crippen molar-refractivity contribution in [3.8, 4) is 0 Å². The molecule has 0 aromatic carbocycles. The Balaban J connectivity index is 1.89. The lowest BCUT2D eigenvalue weighted by Gasteiger charge is -2.35. The molecule has 120 valence electrons. The number of amides is 1. The van der Waals surface area contributed by atoms with Crippen LogP contribution in [0.15, 0.2) is 31.0 Å². The van der Waals surface area contributed by atoms with E-state index in [1.54, 1.807) is 18.3 Å². The molecule has 1 saturated heterocycles. The van der Waals surface area contributed by atoms with Crippen molar-refractivity contribution in [2.75, 3.05) is 44.2 Å². The van der Waals surface area contributed by atoms with E-state index in [0.29, 0.717) is 18.7 Å². The van der Waals surface area contributed by atoms with E-state index in [0.717, 1.165) is 32.0 Å². The van der Waals surface area contributed by atoms with Gasteiger partial charge in [-0.3, -0.25) is 9.69 Å². The molecule has 6 nitrogen and oxygen atoms in total. The molecule has 2 heterocycles. The standard InChI is InChI=1S/C16H24N4O2/c1-3-6-17-16(22)14-4-5-15(18-11-14)20-9-7-19(8-10-20)12-13(2)21/h3-5,11,13,21H,1,6-10,12H2,2H3,(H,17,22)/t13-/m1/s1. The molecular formula is C16H24N4O2. The van der Waals surface area contributed by atoms with E-state index in [1.807, 2.05) is 13.0 Å². The summed E-state index contributed by atoms with van der Waals surface area (Å²) in [6.45, 7) is 10.1. The molecule has 22 heavy (non-hydrogen) atoms. The number of β-amino-alcohol motifs (C(OH)–C–C–N with tert-alkyl or cyclic N) is 1. The first-order valence-electron chi connectivity index (χ1n) is 7.60. The number of rotatable bonds is 6. The molecule has 1 aromatic rings. The van der Waals surface area contributed by atoms with Gasteiger partial charge in [-0.15, -0.1) is 6.58 Å². The van der Waals surface area contributed by atoms with Crippen molar-refractivity contribution >= 4 is 11.7 Å². The number of nitrogens with zero attached hydrogens (tertiary/aromatic N) is 3. The number of aliphatic hydroxyl groups excluding tert-OH is 1. The molecule has 1 aliphatic heterocycles. The topological polar surface area (TPSA) is 68.7 Å². The van der Waals surface area contributed by atoms with Crippen molar-refractivity contribution in [3.63, 3.8) is 0 Å². The Hall–Kier alpha value is -1.92. The smallest absolute Gasteiger partial charge is 0.253 e. The van der Waals surface area contributed by atoms with Crippen molar-refractivity contribution in [3.05, 3.63) is 36.5 Å². The van der Waals surface area contributed by atoms with Crippen LogP contribution in [0.3, 0.4) is 0 Å². The van der Waals surface area contributed by atoms with Crippen molar-refractivity contribution in [2.45, 2.75) is 13.0 Å². The lowest BCUT2D eigenvalue weighted by atomic mass is 10.2. The Kier molecular flexibility index (Phi) is 5.91. The summed E-state index contributed by atoms with van der Waals surface area (Å²) in [5.74, 6) is 0.748. The number of aromatic nitrogens is 1. The molecule has 0 unspecified atom stereocenters. The number of anilines is 1. The van der Waals surface area contributed by atoms with Gasteiger partial charge in [-0.05, 0) is 19.1 Å². The van der Waals surface area contributed by atoms with Crippen LogP contribution in [0.4, 0.5) is 5.82 Å².